The first-order valence-electron chi connectivity index (χ1n) is 5.68. The molecule has 0 atom stereocenters. The third kappa shape index (κ3) is 2.86. The molecule has 0 unspecified atom stereocenters. The van der Waals surface area contributed by atoms with Gasteiger partial charge in [-0.05, 0) is 48.2 Å². The zero-order valence-corrected chi connectivity index (χ0v) is 10.0. The highest BCUT2D eigenvalue weighted by Crippen LogP contribution is 2.16. The number of halogens is 2. The Bertz CT molecular complexity index is 521. The van der Waals surface area contributed by atoms with Gasteiger partial charge in [0.25, 0.3) is 0 Å². The van der Waals surface area contributed by atoms with Crippen molar-refractivity contribution in [2.75, 3.05) is 7.11 Å². The zero-order chi connectivity index (χ0) is 13.0. The first-order valence-corrected chi connectivity index (χ1v) is 5.68. The molecule has 18 heavy (non-hydrogen) atoms. The summed E-state index contributed by atoms with van der Waals surface area (Å²) >= 11 is 0. The number of methoxy groups -OCH3 is 1. The van der Waals surface area contributed by atoms with Crippen molar-refractivity contribution in [3.8, 4) is 5.75 Å². The van der Waals surface area contributed by atoms with Crippen LogP contribution in [-0.4, -0.2) is 7.11 Å². The Kier molecular flexibility index (Phi) is 3.92. The second-order valence-electron chi connectivity index (χ2n) is 3.97. The Balaban J connectivity index is 2.04. The predicted molar refractivity (Wildman–Crippen MR) is 65.6 cm³/mol. The minimum Gasteiger partial charge on any atom is -0.497 e. The van der Waals surface area contributed by atoms with Crippen molar-refractivity contribution in [2.45, 2.75) is 12.8 Å². The van der Waals surface area contributed by atoms with E-state index in [-0.39, 0.29) is 5.56 Å². The number of aryl methyl sites for hydroxylation is 2. The fraction of sp³-hybridized carbons (Fsp3) is 0.200. The van der Waals surface area contributed by atoms with E-state index in [1.165, 1.54) is 6.07 Å². The van der Waals surface area contributed by atoms with Crippen LogP contribution in [0.5, 0.6) is 5.75 Å². The van der Waals surface area contributed by atoms with E-state index in [4.69, 9.17) is 4.74 Å². The fourth-order valence-corrected chi connectivity index (χ4v) is 1.74. The van der Waals surface area contributed by atoms with Gasteiger partial charge in [-0.1, -0.05) is 18.2 Å². The number of hydrogen-bond acceptors (Lipinski definition) is 1. The largest absolute Gasteiger partial charge is 0.497 e. The number of hydrogen-bond donors (Lipinski definition) is 0. The first kappa shape index (κ1) is 12.6. The van der Waals surface area contributed by atoms with E-state index >= 15 is 0 Å². The maximum Gasteiger partial charge on any atom is 0.162 e. The van der Waals surface area contributed by atoms with E-state index in [9.17, 15) is 8.78 Å². The second kappa shape index (κ2) is 5.63. The van der Waals surface area contributed by atoms with Gasteiger partial charge in [0.15, 0.2) is 11.6 Å². The molecule has 0 saturated carbocycles. The molecule has 2 rings (SSSR count). The molecule has 0 aliphatic rings. The first-order chi connectivity index (χ1) is 8.70. The summed E-state index contributed by atoms with van der Waals surface area (Å²) in [7, 11) is 1.60. The van der Waals surface area contributed by atoms with Crippen molar-refractivity contribution >= 4 is 0 Å². The summed E-state index contributed by atoms with van der Waals surface area (Å²) in [6.45, 7) is 0. The van der Waals surface area contributed by atoms with Crippen LogP contribution >= 0.6 is 0 Å². The van der Waals surface area contributed by atoms with Crippen LogP contribution in [-0.2, 0) is 12.8 Å². The van der Waals surface area contributed by atoms with Crippen LogP contribution in [0, 0.1) is 17.7 Å². The van der Waals surface area contributed by atoms with E-state index in [1.54, 1.807) is 7.11 Å². The molecule has 0 saturated heterocycles. The lowest BCUT2D eigenvalue weighted by molar-refractivity contribution is 0.414. The highest BCUT2D eigenvalue weighted by Gasteiger charge is 2.07. The van der Waals surface area contributed by atoms with Crippen molar-refractivity contribution in [3.05, 3.63) is 65.2 Å². The van der Waals surface area contributed by atoms with E-state index in [2.05, 4.69) is 6.07 Å². The van der Waals surface area contributed by atoms with Gasteiger partial charge in [0, 0.05) is 0 Å². The van der Waals surface area contributed by atoms with Crippen molar-refractivity contribution in [1.29, 1.82) is 0 Å². The summed E-state index contributed by atoms with van der Waals surface area (Å²) in [6, 6.07) is 12.7. The molecule has 0 heterocycles. The quantitative estimate of drug-likeness (QED) is 0.802. The van der Waals surface area contributed by atoms with Crippen molar-refractivity contribution < 1.29 is 13.5 Å². The Morgan fingerprint density at radius 1 is 1.06 bits per heavy atom. The lowest BCUT2D eigenvalue weighted by Crippen LogP contribution is -1.97. The molecule has 1 nitrogen and oxygen atoms in total. The summed E-state index contributed by atoms with van der Waals surface area (Å²) in [5, 5.41) is 0. The molecule has 2 aromatic carbocycles. The highest BCUT2D eigenvalue weighted by molar-refractivity contribution is 5.28. The maximum absolute atomic E-state index is 13.4. The molecule has 0 aliphatic heterocycles. The lowest BCUT2D eigenvalue weighted by Gasteiger charge is -2.05. The predicted octanol–water partition coefficient (Wildman–Crippen LogP) is 3.56. The van der Waals surface area contributed by atoms with Gasteiger partial charge in [-0.3, -0.25) is 0 Å². The standard InChI is InChI=1S/C15H13F2O/c1-18-13-9-6-11(7-10-13)5-8-12-3-2-4-14(16)15(12)17/h2,4,6-7,9-10H,5,8H2,1H3. The molecule has 0 bridgehead atoms. The molecule has 0 fully saturated rings. The van der Waals surface area contributed by atoms with E-state index < -0.39 is 11.6 Å². The summed E-state index contributed by atoms with van der Waals surface area (Å²) in [4.78, 5) is 0. The summed E-state index contributed by atoms with van der Waals surface area (Å²) in [6.07, 6.45) is 1.07. The molecule has 2 aromatic rings. The number of ether oxygens (including phenoxy) is 1. The van der Waals surface area contributed by atoms with Crippen LogP contribution in [0.15, 0.2) is 36.4 Å². The summed E-state index contributed by atoms with van der Waals surface area (Å²) < 4.78 is 31.4. The van der Waals surface area contributed by atoms with Crippen LogP contribution in [0.25, 0.3) is 0 Å². The highest BCUT2D eigenvalue weighted by atomic mass is 19.2. The maximum atomic E-state index is 13.4. The molecular weight excluding hydrogens is 234 g/mol. The smallest absolute Gasteiger partial charge is 0.162 e. The normalized spacial score (nSPS) is 10.4. The van der Waals surface area contributed by atoms with E-state index in [0.29, 0.717) is 12.8 Å². The topological polar surface area (TPSA) is 9.23 Å². The SMILES string of the molecule is COc1ccc(CCc2[c]ccc(F)c2F)cc1. The van der Waals surface area contributed by atoms with Crippen LogP contribution in [0.1, 0.15) is 11.1 Å². The van der Waals surface area contributed by atoms with E-state index in [1.807, 2.05) is 24.3 Å². The van der Waals surface area contributed by atoms with Crippen LogP contribution in [0.2, 0.25) is 0 Å². The van der Waals surface area contributed by atoms with Crippen LogP contribution in [0.3, 0.4) is 0 Å². The zero-order valence-electron chi connectivity index (χ0n) is 10.0. The molecule has 0 aromatic heterocycles. The monoisotopic (exact) mass is 247 g/mol. The number of rotatable bonds is 4. The van der Waals surface area contributed by atoms with Crippen molar-refractivity contribution in [2.24, 2.45) is 0 Å². The third-order valence-corrected chi connectivity index (χ3v) is 2.78. The second-order valence-corrected chi connectivity index (χ2v) is 3.97. The van der Waals surface area contributed by atoms with Gasteiger partial charge in [0.2, 0.25) is 0 Å². The van der Waals surface area contributed by atoms with Gasteiger partial charge in [0.05, 0.1) is 7.11 Å². The lowest BCUT2D eigenvalue weighted by atomic mass is 10.0. The van der Waals surface area contributed by atoms with Gasteiger partial charge in [-0.2, -0.15) is 0 Å². The van der Waals surface area contributed by atoms with Gasteiger partial charge in [-0.15, -0.1) is 0 Å². The van der Waals surface area contributed by atoms with Gasteiger partial charge in [0.1, 0.15) is 5.75 Å². The fourth-order valence-electron chi connectivity index (χ4n) is 1.74. The molecule has 0 N–H and O–H groups in total. The van der Waals surface area contributed by atoms with Crippen molar-refractivity contribution in [3.63, 3.8) is 0 Å². The minimum atomic E-state index is -0.821. The van der Waals surface area contributed by atoms with Gasteiger partial charge in [-0.25, -0.2) is 8.78 Å². The van der Waals surface area contributed by atoms with Gasteiger partial charge >= 0.3 is 0 Å². The summed E-state index contributed by atoms with van der Waals surface area (Å²) in [5.41, 5.74) is 1.33. The Labute approximate surface area is 105 Å². The average molecular weight is 247 g/mol. The molecule has 0 amide bonds. The molecule has 93 valence electrons. The molecule has 3 heteroatoms. The van der Waals surface area contributed by atoms with Gasteiger partial charge < -0.3 is 4.74 Å². The molecule has 0 aliphatic carbocycles. The Hall–Kier alpha value is -1.90. The Morgan fingerprint density at radius 2 is 1.78 bits per heavy atom. The molecule has 1 radical (unpaired) electrons. The van der Waals surface area contributed by atoms with E-state index in [0.717, 1.165) is 17.4 Å². The minimum absolute atomic E-state index is 0.283. The Morgan fingerprint density at radius 3 is 2.44 bits per heavy atom. The van der Waals surface area contributed by atoms with Crippen LogP contribution in [0.4, 0.5) is 8.78 Å². The van der Waals surface area contributed by atoms with Crippen molar-refractivity contribution in [1.82, 2.24) is 0 Å². The molecule has 0 spiro atoms. The third-order valence-electron chi connectivity index (χ3n) is 2.78. The number of benzene rings is 2. The van der Waals surface area contributed by atoms with Crippen LogP contribution < -0.4 is 4.74 Å². The summed E-state index contributed by atoms with van der Waals surface area (Å²) in [5.74, 6) is -0.841. The molecular formula is C15H13F2O. The average Bonchev–Trinajstić information content (AvgIpc) is 2.41.